The molecule has 126 valence electrons. The van der Waals surface area contributed by atoms with Gasteiger partial charge in [-0.1, -0.05) is 18.2 Å². The van der Waals surface area contributed by atoms with Gasteiger partial charge >= 0.3 is 0 Å². The van der Waals surface area contributed by atoms with Crippen LogP contribution in [0.25, 0.3) is 10.9 Å². The lowest BCUT2D eigenvalue weighted by atomic mass is 9.93. The molecule has 0 aliphatic carbocycles. The number of nitrogens with zero attached hydrogens (tertiary/aromatic N) is 1. The van der Waals surface area contributed by atoms with E-state index in [4.69, 9.17) is 0 Å². The van der Waals surface area contributed by atoms with Gasteiger partial charge < -0.3 is 9.88 Å². The number of carbonyl (C=O) groups is 1. The number of para-hydroxylation sites is 1. The summed E-state index contributed by atoms with van der Waals surface area (Å²) in [4.78, 5) is 30.4. The van der Waals surface area contributed by atoms with E-state index in [9.17, 15) is 14.0 Å². The van der Waals surface area contributed by atoms with Gasteiger partial charge in [0, 0.05) is 23.6 Å². The molecule has 0 radical (unpaired) electrons. The molecule has 1 atom stereocenters. The summed E-state index contributed by atoms with van der Waals surface area (Å²) < 4.78 is 13.4. The number of benzene rings is 2. The maximum atomic E-state index is 13.4. The molecule has 3 aromatic rings. The van der Waals surface area contributed by atoms with Crippen molar-refractivity contribution in [2.24, 2.45) is 0 Å². The molecule has 25 heavy (non-hydrogen) atoms. The summed E-state index contributed by atoms with van der Waals surface area (Å²) in [5.74, 6) is -0.564. The second-order valence-electron chi connectivity index (χ2n) is 6.34. The smallest absolute Gasteiger partial charge is 0.259 e. The molecule has 1 N–H and O–H groups in total. The molecule has 0 unspecified atom stereocenters. The van der Waals surface area contributed by atoms with Crippen molar-refractivity contribution in [3.8, 4) is 0 Å². The predicted molar refractivity (Wildman–Crippen MR) is 94.1 cm³/mol. The summed E-state index contributed by atoms with van der Waals surface area (Å²) in [6.07, 6.45) is 2.06. The van der Waals surface area contributed by atoms with Gasteiger partial charge in [0.15, 0.2) is 0 Å². The molecular formula is C20H17FN2O2. The Labute approximate surface area is 143 Å². The molecule has 4 rings (SSSR count). The van der Waals surface area contributed by atoms with E-state index in [1.165, 1.54) is 18.3 Å². The molecule has 0 bridgehead atoms. The van der Waals surface area contributed by atoms with Gasteiger partial charge in [-0.2, -0.15) is 0 Å². The zero-order chi connectivity index (χ0) is 17.6. The van der Waals surface area contributed by atoms with Crippen LogP contribution in [0.5, 0.6) is 0 Å². The van der Waals surface area contributed by atoms with E-state index in [0.29, 0.717) is 23.9 Å². The van der Waals surface area contributed by atoms with Crippen LogP contribution in [-0.4, -0.2) is 22.3 Å². The number of amides is 1. The number of aromatic nitrogens is 1. The molecule has 1 aliphatic rings. The number of fused-ring (bicyclic) bond motifs is 2. The molecule has 1 aliphatic heterocycles. The minimum Gasteiger partial charge on any atom is -0.360 e. The van der Waals surface area contributed by atoms with Crippen LogP contribution in [-0.2, 0) is 6.42 Å². The van der Waals surface area contributed by atoms with Crippen LogP contribution in [0.4, 0.5) is 4.39 Å². The zero-order valence-electron chi connectivity index (χ0n) is 13.8. The van der Waals surface area contributed by atoms with Crippen molar-refractivity contribution in [2.45, 2.75) is 19.4 Å². The molecular weight excluding hydrogens is 319 g/mol. The van der Waals surface area contributed by atoms with Gasteiger partial charge in [0.1, 0.15) is 11.4 Å². The summed E-state index contributed by atoms with van der Waals surface area (Å²) in [6.45, 7) is 2.37. The Morgan fingerprint density at radius 1 is 1.24 bits per heavy atom. The fourth-order valence-corrected chi connectivity index (χ4v) is 3.56. The fraction of sp³-hybridized carbons (Fsp3) is 0.200. The molecule has 0 spiro atoms. The van der Waals surface area contributed by atoms with Crippen molar-refractivity contribution >= 4 is 16.8 Å². The minimum atomic E-state index is -0.297. The quantitative estimate of drug-likeness (QED) is 0.740. The van der Waals surface area contributed by atoms with Crippen LogP contribution in [0, 0.1) is 5.82 Å². The first-order valence-corrected chi connectivity index (χ1v) is 8.26. The number of pyridine rings is 1. The third-order valence-corrected chi connectivity index (χ3v) is 4.92. The maximum Gasteiger partial charge on any atom is 0.259 e. The van der Waals surface area contributed by atoms with E-state index in [0.717, 1.165) is 11.1 Å². The van der Waals surface area contributed by atoms with Crippen LogP contribution in [0.1, 0.15) is 34.5 Å². The third-order valence-electron chi connectivity index (χ3n) is 4.92. The summed E-state index contributed by atoms with van der Waals surface area (Å²) in [5, 5.41) is 0.500. The highest BCUT2D eigenvalue weighted by molar-refractivity contribution is 5.97. The SMILES string of the molecule is C[C@H]1c2ccc(F)cc2CCN1C(=O)c1c[nH]c2ccccc2c1=O. The van der Waals surface area contributed by atoms with Gasteiger partial charge in [-0.15, -0.1) is 0 Å². The third kappa shape index (κ3) is 2.52. The summed E-state index contributed by atoms with van der Waals surface area (Å²) in [5.41, 5.74) is 2.42. The van der Waals surface area contributed by atoms with E-state index in [-0.39, 0.29) is 28.8 Å². The van der Waals surface area contributed by atoms with Gasteiger partial charge in [-0.05, 0) is 48.7 Å². The Hall–Kier alpha value is -2.95. The van der Waals surface area contributed by atoms with E-state index in [1.54, 1.807) is 29.2 Å². The maximum absolute atomic E-state index is 13.4. The van der Waals surface area contributed by atoms with Gasteiger partial charge in [-0.3, -0.25) is 9.59 Å². The molecule has 0 saturated carbocycles. The van der Waals surface area contributed by atoms with Crippen LogP contribution in [0.3, 0.4) is 0 Å². The lowest BCUT2D eigenvalue weighted by molar-refractivity contribution is 0.0676. The van der Waals surface area contributed by atoms with Crippen molar-refractivity contribution in [2.75, 3.05) is 6.54 Å². The molecule has 0 fully saturated rings. The second-order valence-corrected chi connectivity index (χ2v) is 6.34. The van der Waals surface area contributed by atoms with Gasteiger partial charge in [0.05, 0.1) is 6.04 Å². The Morgan fingerprint density at radius 3 is 2.88 bits per heavy atom. The first-order chi connectivity index (χ1) is 12.1. The fourth-order valence-electron chi connectivity index (χ4n) is 3.56. The molecule has 2 aromatic carbocycles. The van der Waals surface area contributed by atoms with E-state index in [2.05, 4.69) is 4.98 Å². The van der Waals surface area contributed by atoms with Crippen molar-refractivity contribution in [3.05, 3.63) is 81.4 Å². The highest BCUT2D eigenvalue weighted by Crippen LogP contribution is 2.30. The monoisotopic (exact) mass is 336 g/mol. The van der Waals surface area contributed by atoms with E-state index >= 15 is 0 Å². The van der Waals surface area contributed by atoms with E-state index in [1.807, 2.05) is 13.0 Å². The van der Waals surface area contributed by atoms with Crippen molar-refractivity contribution in [1.29, 1.82) is 0 Å². The van der Waals surface area contributed by atoms with Crippen molar-refractivity contribution in [3.63, 3.8) is 0 Å². The number of rotatable bonds is 1. The largest absolute Gasteiger partial charge is 0.360 e. The van der Waals surface area contributed by atoms with Crippen molar-refractivity contribution in [1.82, 2.24) is 9.88 Å². The zero-order valence-corrected chi connectivity index (χ0v) is 13.8. The summed E-state index contributed by atoms with van der Waals surface area (Å²) in [6, 6.07) is 11.6. The summed E-state index contributed by atoms with van der Waals surface area (Å²) in [7, 11) is 0. The van der Waals surface area contributed by atoms with Gasteiger partial charge in [0.25, 0.3) is 5.91 Å². The number of hydrogen-bond donors (Lipinski definition) is 1. The topological polar surface area (TPSA) is 53.2 Å². The van der Waals surface area contributed by atoms with Crippen LogP contribution in [0.2, 0.25) is 0 Å². The Balaban J connectivity index is 1.73. The first kappa shape index (κ1) is 15.6. The Bertz CT molecular complexity index is 1040. The second kappa shape index (κ2) is 5.84. The predicted octanol–water partition coefficient (Wildman–Crippen LogP) is 3.43. The standard InChI is InChI=1S/C20H17FN2O2/c1-12-15-7-6-14(21)10-13(15)8-9-23(12)20(25)17-11-22-18-5-3-2-4-16(18)19(17)24/h2-7,10-12H,8-9H2,1H3,(H,22,24)/t12-/m0/s1. The molecule has 4 nitrogen and oxygen atoms in total. The molecule has 1 amide bonds. The minimum absolute atomic E-state index is 0.135. The highest BCUT2D eigenvalue weighted by atomic mass is 19.1. The molecule has 0 saturated heterocycles. The number of H-pyrrole nitrogens is 1. The number of hydrogen-bond acceptors (Lipinski definition) is 2. The molecule has 2 heterocycles. The number of aromatic amines is 1. The van der Waals surface area contributed by atoms with E-state index < -0.39 is 0 Å². The lowest BCUT2D eigenvalue weighted by Gasteiger charge is -2.35. The van der Waals surface area contributed by atoms with Crippen molar-refractivity contribution < 1.29 is 9.18 Å². The molecule has 1 aromatic heterocycles. The average Bonchev–Trinajstić information content (AvgIpc) is 2.62. The van der Waals surface area contributed by atoms with Crippen LogP contribution in [0.15, 0.2) is 53.5 Å². The number of nitrogens with one attached hydrogen (secondary N) is 1. The first-order valence-electron chi connectivity index (χ1n) is 8.26. The van der Waals surface area contributed by atoms with Crippen LogP contribution >= 0.6 is 0 Å². The van der Waals surface area contributed by atoms with Gasteiger partial charge in [-0.25, -0.2) is 4.39 Å². The number of halogens is 1. The Morgan fingerprint density at radius 2 is 2.04 bits per heavy atom. The lowest BCUT2D eigenvalue weighted by Crippen LogP contribution is -2.40. The Kier molecular flexibility index (Phi) is 3.64. The molecule has 5 heteroatoms. The summed E-state index contributed by atoms with van der Waals surface area (Å²) >= 11 is 0. The highest BCUT2D eigenvalue weighted by Gasteiger charge is 2.29. The number of carbonyl (C=O) groups excluding carboxylic acids is 1. The normalized spacial score (nSPS) is 16.7. The van der Waals surface area contributed by atoms with Gasteiger partial charge in [0.2, 0.25) is 5.43 Å². The average molecular weight is 336 g/mol. The van der Waals surface area contributed by atoms with Crippen LogP contribution < -0.4 is 5.43 Å².